The SMILES string of the molecule is COc1ccc(CNC2=C(Cl)C(=O)c3cccnc3C2=O)cc1. The largest absolute Gasteiger partial charge is 0.497 e. The fourth-order valence-corrected chi connectivity index (χ4v) is 2.57. The van der Waals surface area contributed by atoms with Crippen LogP contribution in [0.1, 0.15) is 26.4 Å². The first kappa shape index (κ1) is 15.2. The van der Waals surface area contributed by atoms with Gasteiger partial charge in [-0.15, -0.1) is 0 Å². The van der Waals surface area contributed by atoms with Crippen LogP contribution in [0.25, 0.3) is 0 Å². The number of halogens is 1. The molecule has 1 aliphatic rings. The first-order valence-electron chi connectivity index (χ1n) is 6.93. The van der Waals surface area contributed by atoms with E-state index in [0.29, 0.717) is 6.54 Å². The summed E-state index contributed by atoms with van der Waals surface area (Å²) in [5.41, 5.74) is 1.37. The van der Waals surface area contributed by atoms with Crippen molar-refractivity contribution in [2.45, 2.75) is 6.54 Å². The molecule has 0 spiro atoms. The number of nitrogens with zero attached hydrogens (tertiary/aromatic N) is 1. The molecule has 1 aromatic carbocycles. The maximum atomic E-state index is 12.5. The zero-order valence-electron chi connectivity index (χ0n) is 12.3. The second-order valence-electron chi connectivity index (χ2n) is 4.95. The molecule has 2 aromatic rings. The molecule has 1 aromatic heterocycles. The lowest BCUT2D eigenvalue weighted by Crippen LogP contribution is -2.29. The van der Waals surface area contributed by atoms with Gasteiger partial charge in [-0.25, -0.2) is 0 Å². The number of ether oxygens (including phenoxy) is 1. The van der Waals surface area contributed by atoms with Crippen LogP contribution < -0.4 is 10.1 Å². The third-order valence-electron chi connectivity index (χ3n) is 3.54. The summed E-state index contributed by atoms with van der Waals surface area (Å²) < 4.78 is 5.09. The summed E-state index contributed by atoms with van der Waals surface area (Å²) >= 11 is 6.07. The van der Waals surface area contributed by atoms with Crippen LogP contribution in [0.3, 0.4) is 0 Å². The number of carbonyl (C=O) groups excluding carboxylic acids is 2. The highest BCUT2D eigenvalue weighted by Gasteiger charge is 2.32. The number of methoxy groups -OCH3 is 1. The summed E-state index contributed by atoms with van der Waals surface area (Å²) in [7, 11) is 1.59. The number of benzene rings is 1. The number of ketones is 2. The quantitative estimate of drug-likeness (QED) is 0.934. The maximum absolute atomic E-state index is 12.5. The Kier molecular flexibility index (Phi) is 4.12. The van der Waals surface area contributed by atoms with Crippen molar-refractivity contribution in [3.05, 3.63) is 70.1 Å². The Morgan fingerprint density at radius 1 is 1.13 bits per heavy atom. The number of nitrogens with one attached hydrogen (secondary N) is 1. The highest BCUT2D eigenvalue weighted by atomic mass is 35.5. The predicted octanol–water partition coefficient (Wildman–Crippen LogP) is 2.71. The van der Waals surface area contributed by atoms with E-state index < -0.39 is 5.78 Å². The van der Waals surface area contributed by atoms with E-state index in [-0.39, 0.29) is 27.8 Å². The molecule has 1 heterocycles. The van der Waals surface area contributed by atoms with Gasteiger partial charge in [-0.2, -0.15) is 0 Å². The Bertz CT molecular complexity index is 813. The van der Waals surface area contributed by atoms with Crippen LogP contribution >= 0.6 is 11.6 Å². The second-order valence-corrected chi connectivity index (χ2v) is 5.33. The van der Waals surface area contributed by atoms with E-state index in [9.17, 15) is 9.59 Å². The fourth-order valence-electron chi connectivity index (χ4n) is 2.31. The number of aromatic nitrogens is 1. The van der Waals surface area contributed by atoms with Gasteiger partial charge in [0.1, 0.15) is 22.2 Å². The van der Waals surface area contributed by atoms with Crippen LogP contribution in [0.5, 0.6) is 5.75 Å². The summed E-state index contributed by atoms with van der Waals surface area (Å²) in [6.07, 6.45) is 1.48. The minimum Gasteiger partial charge on any atom is -0.497 e. The Hall–Kier alpha value is -2.66. The van der Waals surface area contributed by atoms with Crippen molar-refractivity contribution in [2.24, 2.45) is 0 Å². The zero-order chi connectivity index (χ0) is 16.4. The van der Waals surface area contributed by atoms with Crippen LogP contribution in [0.4, 0.5) is 0 Å². The molecule has 0 radical (unpaired) electrons. The number of fused-ring (bicyclic) bond motifs is 1. The van der Waals surface area contributed by atoms with Gasteiger partial charge in [-0.1, -0.05) is 23.7 Å². The van der Waals surface area contributed by atoms with Gasteiger partial charge in [-0.05, 0) is 29.8 Å². The van der Waals surface area contributed by atoms with Crippen LogP contribution in [0.15, 0.2) is 53.3 Å². The standard InChI is InChI=1S/C17H13ClN2O3/c1-23-11-6-4-10(5-7-11)9-20-15-13(18)16(21)12-3-2-8-19-14(12)17(15)22/h2-8,20H,9H2,1H3. The van der Waals surface area contributed by atoms with Crippen LogP contribution in [0, 0.1) is 0 Å². The third kappa shape index (κ3) is 2.83. The van der Waals surface area contributed by atoms with Crippen molar-refractivity contribution in [3.63, 3.8) is 0 Å². The summed E-state index contributed by atoms with van der Waals surface area (Å²) in [4.78, 5) is 28.7. The number of Topliss-reactive ketones (excluding diaryl/α,β-unsaturated/α-hetero) is 2. The molecule has 6 heteroatoms. The smallest absolute Gasteiger partial charge is 0.229 e. The van der Waals surface area contributed by atoms with Crippen molar-refractivity contribution in [3.8, 4) is 5.75 Å². The molecule has 0 amide bonds. The molecule has 116 valence electrons. The lowest BCUT2D eigenvalue weighted by Gasteiger charge is -2.18. The molecule has 1 aliphatic carbocycles. The summed E-state index contributed by atoms with van der Waals surface area (Å²) in [5.74, 6) is -0.0293. The van der Waals surface area contributed by atoms with E-state index in [4.69, 9.17) is 16.3 Å². The lowest BCUT2D eigenvalue weighted by molar-refractivity contribution is 0.0970. The van der Waals surface area contributed by atoms with E-state index >= 15 is 0 Å². The third-order valence-corrected chi connectivity index (χ3v) is 3.90. The topological polar surface area (TPSA) is 68.3 Å². The van der Waals surface area contributed by atoms with Gasteiger partial charge in [0.25, 0.3) is 0 Å². The average Bonchev–Trinajstić information content (AvgIpc) is 2.60. The van der Waals surface area contributed by atoms with E-state index in [0.717, 1.165) is 11.3 Å². The highest BCUT2D eigenvalue weighted by molar-refractivity contribution is 6.49. The number of pyridine rings is 1. The lowest BCUT2D eigenvalue weighted by atomic mass is 9.97. The molecule has 5 nitrogen and oxygen atoms in total. The number of allylic oxidation sites excluding steroid dienone is 2. The zero-order valence-corrected chi connectivity index (χ0v) is 13.1. The summed E-state index contributed by atoms with van der Waals surface area (Å²) in [6, 6.07) is 10.5. The minimum absolute atomic E-state index is 0.0821. The van der Waals surface area contributed by atoms with Crippen molar-refractivity contribution < 1.29 is 14.3 Å². The number of carbonyl (C=O) groups is 2. The van der Waals surface area contributed by atoms with Gasteiger partial charge < -0.3 is 10.1 Å². The minimum atomic E-state index is -0.397. The average molecular weight is 329 g/mol. The molecule has 3 rings (SSSR count). The molecule has 0 unspecified atom stereocenters. The molecular weight excluding hydrogens is 316 g/mol. The van der Waals surface area contributed by atoms with E-state index in [1.165, 1.54) is 6.20 Å². The van der Waals surface area contributed by atoms with Crippen molar-refractivity contribution in [1.82, 2.24) is 10.3 Å². The van der Waals surface area contributed by atoms with Crippen LogP contribution in [-0.2, 0) is 6.54 Å². The molecular formula is C17H13ClN2O3. The van der Waals surface area contributed by atoms with Crippen LogP contribution in [0.2, 0.25) is 0 Å². The van der Waals surface area contributed by atoms with E-state index in [1.54, 1.807) is 19.2 Å². The maximum Gasteiger partial charge on any atom is 0.229 e. The second kappa shape index (κ2) is 6.22. The van der Waals surface area contributed by atoms with Gasteiger partial charge in [0, 0.05) is 12.7 Å². The fraction of sp³-hybridized carbons (Fsp3) is 0.118. The van der Waals surface area contributed by atoms with Crippen LogP contribution in [-0.4, -0.2) is 23.7 Å². The van der Waals surface area contributed by atoms with E-state index in [2.05, 4.69) is 10.3 Å². The van der Waals surface area contributed by atoms with Gasteiger partial charge >= 0.3 is 0 Å². The van der Waals surface area contributed by atoms with Gasteiger partial charge in [0.15, 0.2) is 0 Å². The molecule has 0 saturated carbocycles. The molecule has 0 saturated heterocycles. The van der Waals surface area contributed by atoms with Gasteiger partial charge in [-0.3, -0.25) is 14.6 Å². The monoisotopic (exact) mass is 328 g/mol. The number of rotatable bonds is 4. The Morgan fingerprint density at radius 2 is 1.87 bits per heavy atom. The molecule has 1 N–H and O–H groups in total. The van der Waals surface area contributed by atoms with Gasteiger partial charge in [0.2, 0.25) is 11.6 Å². The first-order chi connectivity index (χ1) is 11.1. The highest BCUT2D eigenvalue weighted by Crippen LogP contribution is 2.26. The molecule has 0 aliphatic heterocycles. The summed E-state index contributed by atoms with van der Waals surface area (Å²) in [6.45, 7) is 0.358. The molecule has 0 fully saturated rings. The first-order valence-corrected chi connectivity index (χ1v) is 7.30. The van der Waals surface area contributed by atoms with Crippen molar-refractivity contribution >= 4 is 23.2 Å². The normalized spacial score (nSPS) is 13.8. The molecule has 23 heavy (non-hydrogen) atoms. The van der Waals surface area contributed by atoms with Gasteiger partial charge in [0.05, 0.1) is 12.7 Å². The number of hydrogen-bond donors (Lipinski definition) is 1. The molecule has 0 bridgehead atoms. The van der Waals surface area contributed by atoms with Crippen molar-refractivity contribution in [1.29, 1.82) is 0 Å². The molecule has 0 atom stereocenters. The Balaban J connectivity index is 1.83. The van der Waals surface area contributed by atoms with Crippen molar-refractivity contribution in [2.75, 3.05) is 7.11 Å². The van der Waals surface area contributed by atoms with E-state index in [1.807, 2.05) is 24.3 Å². The number of hydrogen-bond acceptors (Lipinski definition) is 5. The Labute approximate surface area is 137 Å². The Morgan fingerprint density at radius 3 is 2.57 bits per heavy atom. The summed E-state index contributed by atoms with van der Waals surface area (Å²) in [5, 5.41) is 2.84. The predicted molar refractivity (Wildman–Crippen MR) is 85.6 cm³/mol.